The van der Waals surface area contributed by atoms with Gasteiger partial charge in [0, 0.05) is 17.4 Å². The zero-order chi connectivity index (χ0) is 13.7. The maximum absolute atomic E-state index is 11.9. The van der Waals surface area contributed by atoms with E-state index in [9.17, 15) is 4.79 Å². The van der Waals surface area contributed by atoms with E-state index >= 15 is 0 Å². The van der Waals surface area contributed by atoms with Crippen LogP contribution in [0.25, 0.3) is 0 Å². The smallest absolute Gasteiger partial charge is 0.319 e. The van der Waals surface area contributed by atoms with Crippen molar-refractivity contribution in [2.75, 3.05) is 11.1 Å². The van der Waals surface area contributed by atoms with Gasteiger partial charge in [0.25, 0.3) is 0 Å². The summed E-state index contributed by atoms with van der Waals surface area (Å²) in [6.45, 7) is 2.24. The molecule has 0 atom stereocenters. The lowest BCUT2D eigenvalue weighted by atomic mass is 9.85. The topological polar surface area (TPSA) is 67.2 Å². The van der Waals surface area contributed by atoms with Gasteiger partial charge in [-0.05, 0) is 49.8 Å². The normalized spacial score (nSPS) is 22.8. The second-order valence-corrected chi connectivity index (χ2v) is 5.35. The van der Waals surface area contributed by atoms with Gasteiger partial charge in [-0.1, -0.05) is 19.4 Å². The van der Waals surface area contributed by atoms with Crippen LogP contribution in [-0.2, 0) is 0 Å². The first-order valence-corrected chi connectivity index (χ1v) is 7.10. The Morgan fingerprint density at radius 2 is 2.05 bits per heavy atom. The summed E-state index contributed by atoms with van der Waals surface area (Å²) < 4.78 is 0. The number of benzene rings is 1. The predicted octanol–water partition coefficient (Wildman–Crippen LogP) is 3.36. The van der Waals surface area contributed by atoms with Gasteiger partial charge >= 0.3 is 6.03 Å². The van der Waals surface area contributed by atoms with Crippen molar-refractivity contribution in [3.05, 3.63) is 24.3 Å². The van der Waals surface area contributed by atoms with Crippen molar-refractivity contribution in [2.24, 2.45) is 5.92 Å². The van der Waals surface area contributed by atoms with Crippen LogP contribution in [0.4, 0.5) is 16.2 Å². The van der Waals surface area contributed by atoms with Crippen LogP contribution >= 0.6 is 0 Å². The number of carbonyl (C=O) groups is 1. The third kappa shape index (κ3) is 4.16. The van der Waals surface area contributed by atoms with Crippen molar-refractivity contribution in [3.63, 3.8) is 0 Å². The van der Waals surface area contributed by atoms with Gasteiger partial charge in [-0.25, -0.2) is 4.79 Å². The SMILES string of the molecule is CCC1CCC(NC(=O)Nc2cccc(N)c2)CC1. The van der Waals surface area contributed by atoms with Gasteiger partial charge in [0.05, 0.1) is 0 Å². The van der Waals surface area contributed by atoms with Crippen molar-refractivity contribution in [1.82, 2.24) is 5.32 Å². The molecule has 0 aliphatic heterocycles. The van der Waals surface area contributed by atoms with Crippen LogP contribution in [-0.4, -0.2) is 12.1 Å². The number of nitrogen functional groups attached to an aromatic ring is 1. The molecule has 4 N–H and O–H groups in total. The minimum absolute atomic E-state index is 0.134. The van der Waals surface area contributed by atoms with Gasteiger partial charge in [0.15, 0.2) is 0 Å². The number of urea groups is 1. The fourth-order valence-electron chi connectivity index (χ4n) is 2.68. The first kappa shape index (κ1) is 13.7. The van der Waals surface area contributed by atoms with Crippen LogP contribution in [0.15, 0.2) is 24.3 Å². The number of hydrogen-bond acceptors (Lipinski definition) is 2. The highest BCUT2D eigenvalue weighted by Crippen LogP contribution is 2.26. The third-order valence-corrected chi connectivity index (χ3v) is 3.90. The number of carbonyl (C=O) groups excluding carboxylic acids is 1. The molecule has 0 spiro atoms. The molecule has 104 valence electrons. The molecule has 1 aliphatic carbocycles. The highest BCUT2D eigenvalue weighted by atomic mass is 16.2. The Morgan fingerprint density at radius 1 is 1.32 bits per heavy atom. The first-order chi connectivity index (χ1) is 9.17. The Morgan fingerprint density at radius 3 is 2.68 bits per heavy atom. The molecule has 0 aromatic heterocycles. The molecule has 0 bridgehead atoms. The number of hydrogen-bond donors (Lipinski definition) is 3. The maximum Gasteiger partial charge on any atom is 0.319 e. The molecular formula is C15H23N3O. The lowest BCUT2D eigenvalue weighted by molar-refractivity contribution is 0.237. The quantitative estimate of drug-likeness (QED) is 0.730. The molecule has 2 rings (SSSR count). The van der Waals surface area contributed by atoms with Crippen LogP contribution in [0.1, 0.15) is 39.0 Å². The second-order valence-electron chi connectivity index (χ2n) is 5.35. The van der Waals surface area contributed by atoms with Gasteiger partial charge in [0.2, 0.25) is 0 Å². The van der Waals surface area contributed by atoms with Gasteiger partial charge in [-0.2, -0.15) is 0 Å². The van der Waals surface area contributed by atoms with E-state index in [0.29, 0.717) is 11.7 Å². The van der Waals surface area contributed by atoms with Crippen LogP contribution in [0, 0.1) is 5.92 Å². The summed E-state index contributed by atoms with van der Waals surface area (Å²) in [5, 5.41) is 5.87. The van der Waals surface area contributed by atoms with Crippen LogP contribution < -0.4 is 16.4 Å². The number of rotatable bonds is 3. The largest absolute Gasteiger partial charge is 0.399 e. The second kappa shape index (κ2) is 6.45. The van der Waals surface area contributed by atoms with E-state index in [2.05, 4.69) is 17.6 Å². The molecule has 4 nitrogen and oxygen atoms in total. The fourth-order valence-corrected chi connectivity index (χ4v) is 2.68. The summed E-state index contributed by atoms with van der Waals surface area (Å²) in [6.07, 6.45) is 5.87. The van der Waals surface area contributed by atoms with Crippen LogP contribution in [0.5, 0.6) is 0 Å². The molecule has 0 unspecified atom stereocenters. The summed E-state index contributed by atoms with van der Waals surface area (Å²) in [6, 6.07) is 7.40. The number of nitrogens with two attached hydrogens (primary N) is 1. The fraction of sp³-hybridized carbons (Fsp3) is 0.533. The molecular weight excluding hydrogens is 238 g/mol. The van der Waals surface area contributed by atoms with E-state index in [1.165, 1.54) is 19.3 Å². The monoisotopic (exact) mass is 261 g/mol. The van der Waals surface area contributed by atoms with Gasteiger partial charge in [-0.15, -0.1) is 0 Å². The van der Waals surface area contributed by atoms with Gasteiger partial charge < -0.3 is 16.4 Å². The van der Waals surface area contributed by atoms with Crippen molar-refractivity contribution >= 4 is 17.4 Å². The summed E-state index contributed by atoms with van der Waals surface area (Å²) in [7, 11) is 0. The Kier molecular flexibility index (Phi) is 4.66. The Hall–Kier alpha value is -1.71. The molecule has 0 radical (unpaired) electrons. The predicted molar refractivity (Wildman–Crippen MR) is 79.0 cm³/mol. The van der Waals surface area contributed by atoms with Crippen LogP contribution in [0.2, 0.25) is 0 Å². The lowest BCUT2D eigenvalue weighted by Crippen LogP contribution is -2.40. The average molecular weight is 261 g/mol. The standard InChI is InChI=1S/C15H23N3O/c1-2-11-6-8-13(9-7-11)17-15(19)18-14-5-3-4-12(16)10-14/h3-5,10-11,13H,2,6-9,16H2,1H3,(H2,17,18,19). The molecule has 1 fully saturated rings. The van der Waals surface area contributed by atoms with E-state index in [4.69, 9.17) is 5.73 Å². The third-order valence-electron chi connectivity index (χ3n) is 3.90. The molecule has 1 aromatic carbocycles. The summed E-state index contributed by atoms with van der Waals surface area (Å²) in [5.74, 6) is 0.843. The van der Waals surface area contributed by atoms with Crippen molar-refractivity contribution in [1.29, 1.82) is 0 Å². The summed E-state index contributed by atoms with van der Waals surface area (Å²) >= 11 is 0. The molecule has 1 saturated carbocycles. The highest BCUT2D eigenvalue weighted by Gasteiger charge is 2.21. The van der Waals surface area contributed by atoms with E-state index in [0.717, 1.165) is 24.4 Å². The minimum Gasteiger partial charge on any atom is -0.399 e. The molecule has 0 saturated heterocycles. The number of nitrogens with one attached hydrogen (secondary N) is 2. The average Bonchev–Trinajstić information content (AvgIpc) is 2.39. The zero-order valence-corrected chi connectivity index (χ0v) is 11.5. The molecule has 1 aromatic rings. The van der Waals surface area contributed by atoms with E-state index in [1.807, 2.05) is 12.1 Å². The van der Waals surface area contributed by atoms with E-state index in [1.54, 1.807) is 12.1 Å². The molecule has 2 amide bonds. The molecule has 1 aliphatic rings. The zero-order valence-electron chi connectivity index (χ0n) is 11.5. The van der Waals surface area contributed by atoms with Crippen molar-refractivity contribution < 1.29 is 4.79 Å². The molecule has 0 heterocycles. The highest BCUT2D eigenvalue weighted by molar-refractivity contribution is 5.89. The van der Waals surface area contributed by atoms with Crippen LogP contribution in [0.3, 0.4) is 0 Å². The van der Waals surface area contributed by atoms with Crippen molar-refractivity contribution in [2.45, 2.75) is 45.1 Å². The van der Waals surface area contributed by atoms with Gasteiger partial charge in [-0.3, -0.25) is 0 Å². The summed E-state index contributed by atoms with van der Waals surface area (Å²) in [5.41, 5.74) is 7.07. The number of amides is 2. The first-order valence-electron chi connectivity index (χ1n) is 7.10. The Bertz CT molecular complexity index is 425. The van der Waals surface area contributed by atoms with Crippen molar-refractivity contribution in [3.8, 4) is 0 Å². The van der Waals surface area contributed by atoms with E-state index in [-0.39, 0.29) is 6.03 Å². The maximum atomic E-state index is 11.9. The number of anilines is 2. The Labute approximate surface area is 114 Å². The van der Waals surface area contributed by atoms with Gasteiger partial charge in [0.1, 0.15) is 0 Å². The minimum atomic E-state index is -0.134. The lowest BCUT2D eigenvalue weighted by Gasteiger charge is -2.28. The molecule has 4 heteroatoms. The summed E-state index contributed by atoms with van der Waals surface area (Å²) in [4.78, 5) is 11.9. The van der Waals surface area contributed by atoms with E-state index < -0.39 is 0 Å². The Balaban J connectivity index is 1.79. The molecule has 19 heavy (non-hydrogen) atoms.